The van der Waals surface area contributed by atoms with Gasteiger partial charge in [-0.05, 0) is 37.8 Å². The van der Waals surface area contributed by atoms with E-state index >= 15 is 0 Å². The number of morpholine rings is 1. The van der Waals surface area contributed by atoms with Crippen molar-refractivity contribution in [1.29, 1.82) is 0 Å². The smallest absolute Gasteiger partial charge is 0.194 e. The predicted octanol–water partition coefficient (Wildman–Crippen LogP) is 2.13. The number of ether oxygens (including phenoxy) is 1. The number of aliphatic imine (C=N–C) groups is 1. The zero-order valence-electron chi connectivity index (χ0n) is 16.0. The van der Waals surface area contributed by atoms with Gasteiger partial charge in [0.2, 0.25) is 0 Å². The fourth-order valence-electron chi connectivity index (χ4n) is 3.58. The van der Waals surface area contributed by atoms with E-state index in [2.05, 4.69) is 40.0 Å². The molecule has 1 unspecified atom stereocenters. The van der Waals surface area contributed by atoms with E-state index < -0.39 is 0 Å². The van der Waals surface area contributed by atoms with Crippen LogP contribution in [0.3, 0.4) is 0 Å². The summed E-state index contributed by atoms with van der Waals surface area (Å²) in [6.07, 6.45) is 3.09. The number of aromatic nitrogens is 1. The minimum absolute atomic E-state index is 0. The summed E-state index contributed by atoms with van der Waals surface area (Å²) in [4.78, 5) is 14.3. The van der Waals surface area contributed by atoms with E-state index in [1.54, 1.807) is 0 Å². The molecule has 3 heterocycles. The molecule has 1 N–H and O–H groups in total. The number of nitrogens with one attached hydrogen (secondary N) is 1. The van der Waals surface area contributed by atoms with Crippen LogP contribution in [-0.4, -0.2) is 73.2 Å². The fourth-order valence-corrected chi connectivity index (χ4v) is 3.58. The highest BCUT2D eigenvalue weighted by atomic mass is 127. The van der Waals surface area contributed by atoms with Gasteiger partial charge in [-0.3, -0.25) is 9.88 Å². The highest BCUT2D eigenvalue weighted by Crippen LogP contribution is 2.18. The van der Waals surface area contributed by atoms with Crippen LogP contribution in [0.5, 0.6) is 0 Å². The van der Waals surface area contributed by atoms with Gasteiger partial charge < -0.3 is 15.0 Å². The second-order valence-electron chi connectivity index (χ2n) is 6.95. The van der Waals surface area contributed by atoms with Gasteiger partial charge in [-0.2, -0.15) is 0 Å². The average Bonchev–Trinajstić information content (AvgIpc) is 3.09. The quantitative estimate of drug-likeness (QED) is 0.404. The maximum atomic E-state index is 5.45. The number of rotatable bonds is 5. The molecule has 2 aliphatic heterocycles. The van der Waals surface area contributed by atoms with Gasteiger partial charge in [-0.25, -0.2) is 4.99 Å². The van der Waals surface area contributed by atoms with Gasteiger partial charge in [0.15, 0.2) is 5.96 Å². The Labute approximate surface area is 174 Å². The molecular weight excluding hydrogens is 441 g/mol. The van der Waals surface area contributed by atoms with Crippen LogP contribution in [0.2, 0.25) is 0 Å². The molecule has 26 heavy (non-hydrogen) atoms. The van der Waals surface area contributed by atoms with Gasteiger partial charge >= 0.3 is 0 Å². The molecule has 1 aromatic heterocycles. The average molecular weight is 473 g/mol. The maximum Gasteiger partial charge on any atom is 0.194 e. The summed E-state index contributed by atoms with van der Waals surface area (Å²) in [5.41, 5.74) is 2.26. The molecule has 2 fully saturated rings. The van der Waals surface area contributed by atoms with E-state index in [-0.39, 0.29) is 24.0 Å². The first-order valence-electron chi connectivity index (χ1n) is 9.50. The normalized spacial score (nSPS) is 21.5. The number of halogens is 1. The molecule has 2 saturated heterocycles. The molecule has 0 bridgehead atoms. The lowest BCUT2D eigenvalue weighted by molar-refractivity contribution is 0.0315. The molecule has 3 rings (SSSR count). The number of pyridine rings is 1. The van der Waals surface area contributed by atoms with E-state index in [1.165, 1.54) is 18.5 Å². The summed E-state index contributed by atoms with van der Waals surface area (Å²) < 4.78 is 5.45. The van der Waals surface area contributed by atoms with Crippen molar-refractivity contribution in [3.63, 3.8) is 0 Å². The van der Waals surface area contributed by atoms with Crippen LogP contribution >= 0.6 is 24.0 Å². The summed E-state index contributed by atoms with van der Waals surface area (Å²) in [6.45, 7) is 13.0. The molecule has 0 saturated carbocycles. The van der Waals surface area contributed by atoms with Crippen molar-refractivity contribution in [1.82, 2.24) is 20.1 Å². The van der Waals surface area contributed by atoms with Gasteiger partial charge in [0.1, 0.15) is 0 Å². The fraction of sp³-hybridized carbons (Fsp3) is 0.684. The summed E-state index contributed by atoms with van der Waals surface area (Å²) in [6, 6.07) is 4.07. The lowest BCUT2D eigenvalue weighted by Crippen LogP contribution is -2.42. The first-order chi connectivity index (χ1) is 12.3. The Kier molecular flexibility index (Phi) is 9.07. The molecule has 0 aromatic carbocycles. The Morgan fingerprint density at radius 2 is 2.15 bits per heavy atom. The Balaban J connectivity index is 0.00000243. The number of guanidine groups is 1. The monoisotopic (exact) mass is 473 g/mol. The van der Waals surface area contributed by atoms with Crippen LogP contribution in [0.25, 0.3) is 0 Å². The van der Waals surface area contributed by atoms with Crippen molar-refractivity contribution in [2.45, 2.75) is 26.8 Å². The molecular formula is C19H32IN5O. The van der Waals surface area contributed by atoms with Crippen molar-refractivity contribution in [2.24, 2.45) is 10.9 Å². The van der Waals surface area contributed by atoms with Gasteiger partial charge in [0, 0.05) is 45.5 Å². The molecule has 6 nitrogen and oxygen atoms in total. The molecule has 0 aliphatic carbocycles. The maximum absolute atomic E-state index is 5.45. The molecule has 2 aliphatic rings. The molecule has 1 atom stereocenters. The van der Waals surface area contributed by atoms with Crippen molar-refractivity contribution in [3.05, 3.63) is 29.6 Å². The first kappa shape index (κ1) is 21.4. The topological polar surface area (TPSA) is 53.0 Å². The van der Waals surface area contributed by atoms with E-state index in [9.17, 15) is 0 Å². The van der Waals surface area contributed by atoms with E-state index in [4.69, 9.17) is 9.73 Å². The minimum atomic E-state index is 0. The largest absolute Gasteiger partial charge is 0.379 e. The van der Waals surface area contributed by atoms with Gasteiger partial charge in [-0.1, -0.05) is 6.07 Å². The number of hydrogen-bond donors (Lipinski definition) is 1. The van der Waals surface area contributed by atoms with E-state index in [0.29, 0.717) is 6.54 Å². The van der Waals surface area contributed by atoms with Crippen molar-refractivity contribution in [3.8, 4) is 0 Å². The lowest BCUT2D eigenvalue weighted by atomic mass is 10.1. The summed E-state index contributed by atoms with van der Waals surface area (Å²) in [5, 5.41) is 3.45. The molecule has 0 spiro atoms. The minimum Gasteiger partial charge on any atom is -0.379 e. The summed E-state index contributed by atoms with van der Waals surface area (Å²) in [7, 11) is 0. The van der Waals surface area contributed by atoms with Crippen LogP contribution in [0.4, 0.5) is 0 Å². The Bertz CT molecular complexity index is 577. The van der Waals surface area contributed by atoms with Crippen LogP contribution < -0.4 is 5.32 Å². The number of hydrogen-bond acceptors (Lipinski definition) is 4. The third-order valence-corrected chi connectivity index (χ3v) is 5.04. The Morgan fingerprint density at radius 1 is 1.35 bits per heavy atom. The van der Waals surface area contributed by atoms with Crippen LogP contribution in [0.15, 0.2) is 23.3 Å². The lowest BCUT2D eigenvalue weighted by Gasteiger charge is -2.29. The van der Waals surface area contributed by atoms with E-state index in [0.717, 1.165) is 63.5 Å². The third-order valence-electron chi connectivity index (χ3n) is 5.04. The van der Waals surface area contributed by atoms with Gasteiger partial charge in [-0.15, -0.1) is 24.0 Å². The molecule has 146 valence electrons. The van der Waals surface area contributed by atoms with Gasteiger partial charge in [0.25, 0.3) is 0 Å². The van der Waals surface area contributed by atoms with Crippen LogP contribution in [0, 0.1) is 12.8 Å². The molecule has 1 aromatic rings. The summed E-state index contributed by atoms with van der Waals surface area (Å²) >= 11 is 0. The van der Waals surface area contributed by atoms with Crippen molar-refractivity contribution < 1.29 is 4.74 Å². The second-order valence-corrected chi connectivity index (χ2v) is 6.95. The third kappa shape index (κ3) is 6.06. The number of aryl methyl sites for hydroxylation is 1. The molecule has 7 heteroatoms. The van der Waals surface area contributed by atoms with Crippen LogP contribution in [0.1, 0.15) is 24.6 Å². The highest BCUT2D eigenvalue weighted by molar-refractivity contribution is 14.0. The summed E-state index contributed by atoms with van der Waals surface area (Å²) in [5.74, 6) is 1.75. The van der Waals surface area contributed by atoms with E-state index in [1.807, 2.05) is 12.3 Å². The highest BCUT2D eigenvalue weighted by Gasteiger charge is 2.27. The zero-order chi connectivity index (χ0) is 17.5. The van der Waals surface area contributed by atoms with Crippen LogP contribution in [-0.2, 0) is 11.3 Å². The predicted molar refractivity (Wildman–Crippen MR) is 116 cm³/mol. The van der Waals surface area contributed by atoms with Gasteiger partial charge in [0.05, 0.1) is 25.5 Å². The van der Waals surface area contributed by atoms with Crippen molar-refractivity contribution >= 4 is 29.9 Å². The molecule has 0 radical (unpaired) electrons. The second kappa shape index (κ2) is 11.0. The molecule has 0 amide bonds. The SMILES string of the molecule is CCNC(=NCc1ncccc1C)N1CCC(CN2CCOCC2)C1.I. The Hall–Kier alpha value is -0.930. The number of likely N-dealkylation sites (tertiary alicyclic amines) is 1. The number of nitrogens with zero attached hydrogens (tertiary/aromatic N) is 4. The first-order valence-corrected chi connectivity index (χ1v) is 9.50. The Morgan fingerprint density at radius 3 is 2.88 bits per heavy atom. The standard InChI is InChI=1S/C19H31N5O.HI/c1-3-20-19(22-13-18-16(2)5-4-7-21-18)24-8-6-17(15-24)14-23-9-11-25-12-10-23;/h4-5,7,17H,3,6,8-15H2,1-2H3,(H,20,22);1H. The van der Waals surface area contributed by atoms with Crippen molar-refractivity contribution in [2.75, 3.05) is 52.5 Å². The zero-order valence-corrected chi connectivity index (χ0v) is 18.3.